The minimum absolute atomic E-state index is 0.246. The Morgan fingerprint density at radius 3 is 2.50 bits per heavy atom. The van der Waals surface area contributed by atoms with Gasteiger partial charge in [-0.25, -0.2) is 4.39 Å². The summed E-state index contributed by atoms with van der Waals surface area (Å²) in [5.74, 6) is -0.389. The summed E-state index contributed by atoms with van der Waals surface area (Å²) in [5.41, 5.74) is 1.82. The third-order valence-corrected chi connectivity index (χ3v) is 2.98. The minimum Gasteiger partial charge on any atom is -0.206 e. The second-order valence-electron chi connectivity index (χ2n) is 3.45. The molecular formula is C13H8Cl2F. The lowest BCUT2D eigenvalue weighted by atomic mass is 10.00. The first-order chi connectivity index (χ1) is 7.61. The number of benzene rings is 2. The molecule has 0 atom stereocenters. The largest absolute Gasteiger partial charge is 0.206 e. The van der Waals surface area contributed by atoms with Crippen molar-refractivity contribution in [1.82, 2.24) is 0 Å². The Morgan fingerprint density at radius 2 is 1.88 bits per heavy atom. The molecule has 0 heterocycles. The predicted octanol–water partition coefficient (Wildman–Crippen LogP) is 4.91. The van der Waals surface area contributed by atoms with E-state index < -0.39 is 0 Å². The van der Waals surface area contributed by atoms with Crippen molar-refractivity contribution in [2.24, 2.45) is 0 Å². The van der Waals surface area contributed by atoms with Gasteiger partial charge in [-0.05, 0) is 30.7 Å². The lowest BCUT2D eigenvalue weighted by Crippen LogP contribution is -1.90. The molecule has 0 aliphatic heterocycles. The lowest BCUT2D eigenvalue weighted by Gasteiger charge is -2.10. The molecule has 16 heavy (non-hydrogen) atoms. The molecule has 0 aliphatic carbocycles. The topological polar surface area (TPSA) is 0 Å². The van der Waals surface area contributed by atoms with Crippen molar-refractivity contribution < 1.29 is 4.39 Å². The first-order valence-corrected chi connectivity index (χ1v) is 5.48. The molecule has 2 aromatic rings. The molecule has 0 spiro atoms. The van der Waals surface area contributed by atoms with Crippen LogP contribution in [-0.4, -0.2) is 0 Å². The molecule has 81 valence electrons. The van der Waals surface area contributed by atoms with Crippen LogP contribution in [-0.2, 0) is 0 Å². The Morgan fingerprint density at radius 1 is 1.12 bits per heavy atom. The van der Waals surface area contributed by atoms with Crippen molar-refractivity contribution in [3.8, 4) is 11.1 Å². The summed E-state index contributed by atoms with van der Waals surface area (Å²) in [5, 5.41) is 0.733. The van der Waals surface area contributed by atoms with Gasteiger partial charge in [0.25, 0.3) is 0 Å². The first-order valence-electron chi connectivity index (χ1n) is 4.72. The van der Waals surface area contributed by atoms with E-state index in [0.717, 1.165) is 5.56 Å². The Bertz CT molecular complexity index is 445. The summed E-state index contributed by atoms with van der Waals surface area (Å²) in [6, 6.07) is 10.9. The van der Waals surface area contributed by atoms with Crippen LogP contribution in [0.3, 0.4) is 0 Å². The van der Waals surface area contributed by atoms with Gasteiger partial charge < -0.3 is 0 Å². The van der Waals surface area contributed by atoms with E-state index in [0.29, 0.717) is 16.1 Å². The highest BCUT2D eigenvalue weighted by molar-refractivity contribution is 6.36. The molecular weight excluding hydrogens is 246 g/mol. The number of aryl methyl sites for hydroxylation is 1. The van der Waals surface area contributed by atoms with Crippen LogP contribution in [0.5, 0.6) is 0 Å². The molecule has 0 nitrogen and oxygen atoms in total. The van der Waals surface area contributed by atoms with E-state index in [9.17, 15) is 4.39 Å². The summed E-state index contributed by atoms with van der Waals surface area (Å²) < 4.78 is 13.7. The normalized spacial score (nSPS) is 10.5. The van der Waals surface area contributed by atoms with Gasteiger partial charge >= 0.3 is 0 Å². The van der Waals surface area contributed by atoms with Crippen molar-refractivity contribution in [2.45, 2.75) is 6.92 Å². The molecule has 0 unspecified atom stereocenters. The fourth-order valence-electron chi connectivity index (χ4n) is 1.63. The molecule has 0 N–H and O–H groups in total. The Hall–Kier alpha value is -1.05. The van der Waals surface area contributed by atoms with Crippen LogP contribution in [0, 0.1) is 18.8 Å². The van der Waals surface area contributed by atoms with Crippen LogP contribution in [0.2, 0.25) is 10.0 Å². The molecule has 0 saturated carbocycles. The maximum absolute atomic E-state index is 13.7. The van der Waals surface area contributed by atoms with Gasteiger partial charge in [-0.3, -0.25) is 0 Å². The molecule has 0 amide bonds. The maximum atomic E-state index is 13.7. The van der Waals surface area contributed by atoms with Crippen LogP contribution in [0.25, 0.3) is 11.1 Å². The molecule has 2 rings (SSSR count). The monoisotopic (exact) mass is 253 g/mol. The zero-order valence-electron chi connectivity index (χ0n) is 8.52. The van der Waals surface area contributed by atoms with E-state index in [1.165, 1.54) is 12.1 Å². The van der Waals surface area contributed by atoms with Crippen molar-refractivity contribution in [1.29, 1.82) is 0 Å². The van der Waals surface area contributed by atoms with Gasteiger partial charge in [-0.15, -0.1) is 0 Å². The van der Waals surface area contributed by atoms with Crippen LogP contribution < -0.4 is 0 Å². The standard InChI is InChI=1S/C13H8Cl2F/c1-8-4-2-5-9(14)12(8)13-10(15)6-3-7-11(13)16/h2-5,7H,1H3. The molecule has 0 aromatic heterocycles. The van der Waals surface area contributed by atoms with Crippen LogP contribution in [0.15, 0.2) is 30.3 Å². The Labute approximate surface area is 104 Å². The van der Waals surface area contributed by atoms with Gasteiger partial charge in [-0.2, -0.15) is 0 Å². The summed E-state index contributed by atoms with van der Waals surface area (Å²) in [6.45, 7) is 1.87. The maximum Gasteiger partial charge on any atom is 0.132 e. The highest BCUT2D eigenvalue weighted by atomic mass is 35.5. The van der Waals surface area contributed by atoms with Crippen LogP contribution in [0.1, 0.15) is 5.56 Å². The number of halogens is 3. The smallest absolute Gasteiger partial charge is 0.132 e. The van der Waals surface area contributed by atoms with E-state index in [1.807, 2.05) is 19.1 Å². The van der Waals surface area contributed by atoms with Crippen LogP contribution in [0.4, 0.5) is 4.39 Å². The van der Waals surface area contributed by atoms with Crippen molar-refractivity contribution >= 4 is 23.2 Å². The molecule has 0 bridgehead atoms. The van der Waals surface area contributed by atoms with E-state index >= 15 is 0 Å². The number of rotatable bonds is 1. The van der Waals surface area contributed by atoms with Crippen LogP contribution >= 0.6 is 23.2 Å². The zero-order valence-corrected chi connectivity index (χ0v) is 10.0. The summed E-state index contributed by atoms with van der Waals surface area (Å²) in [4.78, 5) is 0. The molecule has 0 fully saturated rings. The highest BCUT2D eigenvalue weighted by Crippen LogP contribution is 2.37. The quantitative estimate of drug-likeness (QED) is 0.678. The average molecular weight is 254 g/mol. The SMILES string of the molecule is Cc1cccc(Cl)c1-c1c(Cl)[c]ccc1F. The van der Waals surface area contributed by atoms with Crippen molar-refractivity contribution in [3.05, 3.63) is 57.8 Å². The molecule has 1 radical (unpaired) electrons. The highest BCUT2D eigenvalue weighted by Gasteiger charge is 2.14. The second-order valence-corrected chi connectivity index (χ2v) is 4.23. The second kappa shape index (κ2) is 4.44. The van der Waals surface area contributed by atoms with Gasteiger partial charge in [0.15, 0.2) is 0 Å². The van der Waals surface area contributed by atoms with Gasteiger partial charge in [0, 0.05) is 22.2 Å². The first kappa shape index (κ1) is 11.4. The predicted molar refractivity (Wildman–Crippen MR) is 65.4 cm³/mol. The van der Waals surface area contributed by atoms with E-state index in [4.69, 9.17) is 23.2 Å². The van der Waals surface area contributed by atoms with Gasteiger partial charge in [-0.1, -0.05) is 35.3 Å². The summed E-state index contributed by atoms with van der Waals surface area (Å²) >= 11 is 12.0. The molecule has 3 heteroatoms. The van der Waals surface area contributed by atoms with Crippen molar-refractivity contribution in [3.63, 3.8) is 0 Å². The van der Waals surface area contributed by atoms with E-state index in [2.05, 4.69) is 6.07 Å². The minimum atomic E-state index is -0.389. The van der Waals surface area contributed by atoms with Gasteiger partial charge in [0.1, 0.15) is 5.82 Å². The molecule has 2 aromatic carbocycles. The van der Waals surface area contributed by atoms with E-state index in [1.54, 1.807) is 6.07 Å². The van der Waals surface area contributed by atoms with Gasteiger partial charge in [0.2, 0.25) is 0 Å². The zero-order chi connectivity index (χ0) is 11.7. The fraction of sp³-hybridized carbons (Fsp3) is 0.0769. The third kappa shape index (κ3) is 1.93. The molecule has 0 saturated heterocycles. The average Bonchev–Trinajstić information content (AvgIpc) is 2.21. The summed E-state index contributed by atoms with van der Waals surface area (Å²) in [6.07, 6.45) is 0. The number of hydrogen-bond acceptors (Lipinski definition) is 0. The van der Waals surface area contributed by atoms with Crippen molar-refractivity contribution in [2.75, 3.05) is 0 Å². The lowest BCUT2D eigenvalue weighted by molar-refractivity contribution is 0.631. The molecule has 0 aliphatic rings. The van der Waals surface area contributed by atoms with Gasteiger partial charge in [0.05, 0.1) is 5.02 Å². The third-order valence-electron chi connectivity index (χ3n) is 2.37. The van der Waals surface area contributed by atoms with E-state index in [-0.39, 0.29) is 10.8 Å². The summed E-state index contributed by atoms with van der Waals surface area (Å²) in [7, 11) is 0. The number of hydrogen-bond donors (Lipinski definition) is 0. The fourth-order valence-corrected chi connectivity index (χ4v) is 2.19. The Balaban J connectivity index is 2.77. The Kier molecular flexibility index (Phi) is 3.17.